The standard InChI is InChI=1S/C27H26F3N9O2/c1-15-8-9-20(33-25(40)32-19-7-5-6-18(11-19)27(28,29)30)12-21(15)39-14-17-13-31-24(35-23(17)37(3)26(39)41)34-22-10-16(2)36-38(22)4/h5-13H,14H2,1-4H3,(H,31,34,35)(H2,32,33,40). The highest BCUT2D eigenvalue weighted by Gasteiger charge is 2.32. The number of carbonyl (C=O) groups excluding carboxylic acids is 2. The molecule has 0 aliphatic carbocycles. The lowest BCUT2D eigenvalue weighted by Crippen LogP contribution is -2.46. The van der Waals surface area contributed by atoms with E-state index in [1.807, 2.05) is 19.9 Å². The first-order chi connectivity index (χ1) is 19.4. The van der Waals surface area contributed by atoms with E-state index in [4.69, 9.17) is 0 Å². The molecule has 41 heavy (non-hydrogen) atoms. The van der Waals surface area contributed by atoms with Crippen LogP contribution in [0.2, 0.25) is 0 Å². The quantitative estimate of drug-likeness (QED) is 0.281. The average Bonchev–Trinajstić information content (AvgIpc) is 3.23. The molecule has 4 aromatic rings. The molecular weight excluding hydrogens is 539 g/mol. The monoisotopic (exact) mass is 565 g/mol. The van der Waals surface area contributed by atoms with Crippen molar-refractivity contribution in [1.82, 2.24) is 19.7 Å². The fraction of sp³-hybridized carbons (Fsp3) is 0.222. The number of hydrogen-bond donors (Lipinski definition) is 3. The van der Waals surface area contributed by atoms with Crippen LogP contribution in [0.5, 0.6) is 0 Å². The number of fused-ring (bicyclic) bond motifs is 1. The largest absolute Gasteiger partial charge is 0.416 e. The molecule has 3 N–H and O–H groups in total. The third-order valence-electron chi connectivity index (χ3n) is 6.45. The number of nitrogens with zero attached hydrogens (tertiary/aromatic N) is 6. The maximum Gasteiger partial charge on any atom is 0.416 e. The summed E-state index contributed by atoms with van der Waals surface area (Å²) in [6, 6.07) is 10.1. The zero-order valence-electron chi connectivity index (χ0n) is 22.5. The molecule has 0 radical (unpaired) electrons. The smallest absolute Gasteiger partial charge is 0.309 e. The van der Waals surface area contributed by atoms with Gasteiger partial charge in [-0.15, -0.1) is 0 Å². The van der Waals surface area contributed by atoms with E-state index in [9.17, 15) is 22.8 Å². The van der Waals surface area contributed by atoms with Crippen molar-refractivity contribution < 1.29 is 22.8 Å². The molecule has 0 spiro atoms. The number of hydrogen-bond acceptors (Lipinski definition) is 6. The van der Waals surface area contributed by atoms with Gasteiger partial charge in [0, 0.05) is 43.3 Å². The number of amides is 4. The predicted molar refractivity (Wildman–Crippen MR) is 149 cm³/mol. The van der Waals surface area contributed by atoms with Crippen LogP contribution in [-0.2, 0) is 19.8 Å². The number of aromatic nitrogens is 4. The number of anilines is 6. The molecule has 0 unspecified atom stereocenters. The Morgan fingerprint density at radius 2 is 1.73 bits per heavy atom. The first-order valence-corrected chi connectivity index (χ1v) is 12.4. The Labute approximate surface area is 233 Å². The molecule has 0 atom stereocenters. The number of urea groups is 2. The number of alkyl halides is 3. The second kappa shape index (κ2) is 10.4. The Bertz CT molecular complexity index is 1650. The van der Waals surface area contributed by atoms with Crippen LogP contribution in [0, 0.1) is 13.8 Å². The molecule has 4 amide bonds. The molecule has 1 aliphatic rings. The minimum absolute atomic E-state index is 0.0125. The van der Waals surface area contributed by atoms with Crippen molar-refractivity contribution in [2.24, 2.45) is 7.05 Å². The van der Waals surface area contributed by atoms with E-state index in [2.05, 4.69) is 31.0 Å². The van der Waals surface area contributed by atoms with Gasteiger partial charge in [0.25, 0.3) is 0 Å². The topological polar surface area (TPSA) is 120 Å². The molecular formula is C27H26F3N9O2. The summed E-state index contributed by atoms with van der Waals surface area (Å²) >= 11 is 0. The Hall–Kier alpha value is -5.14. The Morgan fingerprint density at radius 3 is 2.41 bits per heavy atom. The molecule has 11 nitrogen and oxygen atoms in total. The Kier molecular flexibility index (Phi) is 6.99. The highest BCUT2D eigenvalue weighted by molar-refractivity contribution is 6.06. The minimum atomic E-state index is -4.53. The number of nitrogens with one attached hydrogen (secondary N) is 3. The van der Waals surface area contributed by atoms with E-state index < -0.39 is 17.8 Å². The first kappa shape index (κ1) is 27.4. The number of rotatable bonds is 5. The molecule has 0 bridgehead atoms. The molecule has 0 saturated heterocycles. The highest BCUT2D eigenvalue weighted by atomic mass is 19.4. The summed E-state index contributed by atoms with van der Waals surface area (Å²) in [6.07, 6.45) is -2.89. The third-order valence-corrected chi connectivity index (χ3v) is 6.45. The average molecular weight is 566 g/mol. The van der Waals surface area contributed by atoms with Crippen LogP contribution in [0.4, 0.5) is 57.4 Å². The van der Waals surface area contributed by atoms with Gasteiger partial charge in [-0.25, -0.2) is 14.6 Å². The number of halogens is 3. The maximum atomic E-state index is 13.4. The van der Waals surface area contributed by atoms with E-state index >= 15 is 0 Å². The van der Waals surface area contributed by atoms with Crippen molar-refractivity contribution in [1.29, 1.82) is 0 Å². The van der Waals surface area contributed by atoms with Crippen molar-refractivity contribution in [2.45, 2.75) is 26.6 Å². The van der Waals surface area contributed by atoms with E-state index in [1.54, 1.807) is 43.2 Å². The van der Waals surface area contributed by atoms with E-state index in [0.717, 1.165) is 23.4 Å². The lowest BCUT2D eigenvalue weighted by atomic mass is 10.1. The van der Waals surface area contributed by atoms with Crippen molar-refractivity contribution in [3.8, 4) is 0 Å². The molecule has 14 heteroatoms. The lowest BCUT2D eigenvalue weighted by Gasteiger charge is -2.35. The first-order valence-electron chi connectivity index (χ1n) is 12.4. The van der Waals surface area contributed by atoms with Crippen molar-refractivity contribution in [3.63, 3.8) is 0 Å². The number of carbonyl (C=O) groups is 2. The highest BCUT2D eigenvalue weighted by Crippen LogP contribution is 2.34. The van der Waals surface area contributed by atoms with Gasteiger partial charge in [0.1, 0.15) is 11.6 Å². The molecule has 212 valence electrons. The zero-order valence-corrected chi connectivity index (χ0v) is 22.5. The van der Waals surface area contributed by atoms with Crippen LogP contribution in [0.15, 0.2) is 54.7 Å². The molecule has 2 aromatic heterocycles. The molecule has 3 heterocycles. The Balaban J connectivity index is 1.33. The van der Waals surface area contributed by atoms with Gasteiger partial charge >= 0.3 is 18.2 Å². The Morgan fingerprint density at radius 1 is 1.00 bits per heavy atom. The van der Waals surface area contributed by atoms with Crippen LogP contribution in [-0.4, -0.2) is 38.9 Å². The van der Waals surface area contributed by atoms with Gasteiger partial charge < -0.3 is 16.0 Å². The maximum absolute atomic E-state index is 13.4. The fourth-order valence-corrected chi connectivity index (χ4v) is 4.44. The number of benzene rings is 2. The minimum Gasteiger partial charge on any atom is -0.309 e. The summed E-state index contributed by atoms with van der Waals surface area (Å²) in [7, 11) is 3.40. The molecule has 2 aromatic carbocycles. The van der Waals surface area contributed by atoms with Gasteiger partial charge in [-0.3, -0.25) is 14.5 Å². The SMILES string of the molecule is Cc1cc(Nc2ncc3c(n2)N(C)C(=O)N(c2cc(NC(=O)Nc4cccc(C(F)(F)F)c4)ccc2C)C3)n(C)n1. The second-order valence-corrected chi connectivity index (χ2v) is 9.55. The molecule has 0 fully saturated rings. The van der Waals surface area contributed by atoms with Crippen molar-refractivity contribution in [3.05, 3.63) is 77.1 Å². The van der Waals surface area contributed by atoms with Gasteiger partial charge in [0.2, 0.25) is 5.95 Å². The normalized spacial score (nSPS) is 13.2. The van der Waals surface area contributed by atoms with Crippen molar-refractivity contribution in [2.75, 3.05) is 32.8 Å². The summed E-state index contributed by atoms with van der Waals surface area (Å²) in [5.41, 5.74) is 2.30. The van der Waals surface area contributed by atoms with Crippen LogP contribution >= 0.6 is 0 Å². The van der Waals surface area contributed by atoms with E-state index in [1.165, 1.54) is 21.9 Å². The summed E-state index contributed by atoms with van der Waals surface area (Å²) < 4.78 is 40.7. The second-order valence-electron chi connectivity index (χ2n) is 9.55. The summed E-state index contributed by atoms with van der Waals surface area (Å²) in [5.74, 6) is 1.47. The van der Waals surface area contributed by atoms with Gasteiger partial charge in [0.05, 0.1) is 23.5 Å². The van der Waals surface area contributed by atoms with Crippen LogP contribution in [0.1, 0.15) is 22.4 Å². The van der Waals surface area contributed by atoms with Gasteiger partial charge in [0.15, 0.2) is 0 Å². The summed E-state index contributed by atoms with van der Waals surface area (Å²) in [5, 5.41) is 12.4. The van der Waals surface area contributed by atoms with Crippen molar-refractivity contribution >= 4 is 46.7 Å². The summed E-state index contributed by atoms with van der Waals surface area (Å²) in [4.78, 5) is 37.9. The van der Waals surface area contributed by atoms with Crippen LogP contribution < -0.4 is 25.8 Å². The third kappa shape index (κ3) is 5.76. The van der Waals surface area contributed by atoms with Gasteiger partial charge in [-0.05, 0) is 49.7 Å². The summed E-state index contributed by atoms with van der Waals surface area (Å²) in [6.45, 7) is 3.88. The van der Waals surface area contributed by atoms with E-state index in [0.29, 0.717) is 34.5 Å². The zero-order chi connectivity index (χ0) is 29.5. The molecule has 5 rings (SSSR count). The number of aryl methyl sites for hydroxylation is 3. The lowest BCUT2D eigenvalue weighted by molar-refractivity contribution is -0.137. The fourth-order valence-electron chi connectivity index (χ4n) is 4.44. The predicted octanol–water partition coefficient (Wildman–Crippen LogP) is 5.81. The van der Waals surface area contributed by atoms with E-state index in [-0.39, 0.29) is 18.3 Å². The van der Waals surface area contributed by atoms with Crippen LogP contribution in [0.3, 0.4) is 0 Å². The van der Waals surface area contributed by atoms with Gasteiger partial charge in [-0.2, -0.15) is 23.3 Å². The molecule has 0 saturated carbocycles. The van der Waals surface area contributed by atoms with Crippen LogP contribution in [0.25, 0.3) is 0 Å². The van der Waals surface area contributed by atoms with Gasteiger partial charge in [-0.1, -0.05) is 12.1 Å². The molecule has 1 aliphatic heterocycles.